The Labute approximate surface area is 130 Å². The molecule has 1 saturated carbocycles. The highest BCUT2D eigenvalue weighted by molar-refractivity contribution is 7.86. The third-order valence-corrected chi connectivity index (χ3v) is 6.20. The Morgan fingerprint density at radius 2 is 1.77 bits per heavy atom. The molecule has 1 aliphatic carbocycles. The number of hydrogen-bond acceptors (Lipinski definition) is 2. The molecular formula is C15H22F2N2O2S. The summed E-state index contributed by atoms with van der Waals surface area (Å²) in [6.45, 7) is -0.120. The summed E-state index contributed by atoms with van der Waals surface area (Å²) < 4.78 is 54.2. The van der Waals surface area contributed by atoms with Gasteiger partial charge in [-0.25, -0.2) is 8.78 Å². The second kappa shape index (κ2) is 7.02. The zero-order chi connectivity index (χ0) is 16.3. The standard InChI is InChI=1S/C15H22F2N2O2S/c1-18(11-12-8-9-13(16)10-15(12)17)22(20,21)19(2)14-6-4-3-5-7-14/h8-10,14H,3-7,11H2,1-2H3. The van der Waals surface area contributed by atoms with E-state index in [-0.39, 0.29) is 18.2 Å². The Hall–Kier alpha value is -1.05. The molecule has 0 aliphatic heterocycles. The number of halogens is 2. The predicted molar refractivity (Wildman–Crippen MR) is 81.4 cm³/mol. The lowest BCUT2D eigenvalue weighted by atomic mass is 9.96. The Bertz CT molecular complexity index is 616. The van der Waals surface area contributed by atoms with E-state index in [1.807, 2.05) is 0 Å². The molecule has 0 aromatic heterocycles. The zero-order valence-electron chi connectivity index (χ0n) is 12.9. The highest BCUT2D eigenvalue weighted by Gasteiger charge is 2.31. The van der Waals surface area contributed by atoms with Gasteiger partial charge < -0.3 is 0 Å². The molecule has 0 amide bonds. The van der Waals surface area contributed by atoms with Crippen molar-refractivity contribution in [2.45, 2.75) is 44.7 Å². The van der Waals surface area contributed by atoms with Crippen molar-refractivity contribution in [3.8, 4) is 0 Å². The quantitative estimate of drug-likeness (QED) is 0.832. The van der Waals surface area contributed by atoms with Gasteiger partial charge >= 0.3 is 0 Å². The van der Waals surface area contributed by atoms with Crippen molar-refractivity contribution in [1.29, 1.82) is 0 Å². The Balaban J connectivity index is 2.10. The lowest BCUT2D eigenvalue weighted by Crippen LogP contribution is -2.45. The molecule has 0 unspecified atom stereocenters. The summed E-state index contributed by atoms with van der Waals surface area (Å²) in [5.41, 5.74) is 0.157. The van der Waals surface area contributed by atoms with Gasteiger partial charge in [0.05, 0.1) is 0 Å². The van der Waals surface area contributed by atoms with Crippen molar-refractivity contribution in [3.63, 3.8) is 0 Å². The number of hydrogen-bond donors (Lipinski definition) is 0. The molecule has 1 aromatic rings. The molecule has 0 N–H and O–H groups in total. The smallest absolute Gasteiger partial charge is 0.207 e. The third kappa shape index (κ3) is 3.83. The van der Waals surface area contributed by atoms with Gasteiger partial charge in [-0.05, 0) is 18.9 Å². The van der Waals surface area contributed by atoms with Gasteiger partial charge in [0.2, 0.25) is 0 Å². The van der Waals surface area contributed by atoms with Crippen LogP contribution in [0.25, 0.3) is 0 Å². The fraction of sp³-hybridized carbons (Fsp3) is 0.600. The largest absolute Gasteiger partial charge is 0.282 e. The second-order valence-electron chi connectivity index (χ2n) is 5.81. The molecule has 7 heteroatoms. The first-order valence-corrected chi connectivity index (χ1v) is 8.85. The molecule has 1 fully saturated rings. The number of nitrogens with zero attached hydrogens (tertiary/aromatic N) is 2. The summed E-state index contributed by atoms with van der Waals surface area (Å²) in [6, 6.07) is 3.17. The van der Waals surface area contributed by atoms with E-state index in [2.05, 4.69) is 0 Å². The predicted octanol–water partition coefficient (Wildman–Crippen LogP) is 2.91. The molecule has 0 spiro atoms. The maximum atomic E-state index is 13.7. The van der Waals surface area contributed by atoms with E-state index in [0.29, 0.717) is 0 Å². The molecular weight excluding hydrogens is 310 g/mol. The lowest BCUT2D eigenvalue weighted by molar-refractivity contribution is 0.267. The van der Waals surface area contributed by atoms with Gasteiger partial charge in [-0.15, -0.1) is 0 Å². The minimum absolute atomic E-state index is 0.000681. The highest BCUT2D eigenvalue weighted by Crippen LogP contribution is 2.25. The van der Waals surface area contributed by atoms with E-state index >= 15 is 0 Å². The van der Waals surface area contributed by atoms with E-state index in [4.69, 9.17) is 0 Å². The highest BCUT2D eigenvalue weighted by atomic mass is 32.2. The monoisotopic (exact) mass is 332 g/mol. The molecule has 0 radical (unpaired) electrons. The van der Waals surface area contributed by atoms with Gasteiger partial charge in [0.25, 0.3) is 10.2 Å². The number of benzene rings is 1. The van der Waals surface area contributed by atoms with Crippen LogP contribution in [0, 0.1) is 11.6 Å². The van der Waals surface area contributed by atoms with Gasteiger partial charge in [-0.2, -0.15) is 17.0 Å². The van der Waals surface area contributed by atoms with Crippen LogP contribution < -0.4 is 0 Å². The Morgan fingerprint density at radius 3 is 2.36 bits per heavy atom. The summed E-state index contributed by atoms with van der Waals surface area (Å²) in [4.78, 5) is 0. The van der Waals surface area contributed by atoms with E-state index in [0.717, 1.165) is 48.5 Å². The molecule has 2 rings (SSSR count). The molecule has 0 bridgehead atoms. The first-order chi connectivity index (χ1) is 10.3. The van der Waals surface area contributed by atoms with Gasteiger partial charge in [-0.3, -0.25) is 0 Å². The Kier molecular flexibility index (Phi) is 5.52. The van der Waals surface area contributed by atoms with Crippen molar-refractivity contribution in [2.24, 2.45) is 0 Å². The van der Waals surface area contributed by atoms with E-state index in [1.165, 1.54) is 17.4 Å². The van der Waals surface area contributed by atoms with Crippen LogP contribution in [0.1, 0.15) is 37.7 Å². The van der Waals surface area contributed by atoms with E-state index in [1.54, 1.807) is 7.05 Å². The first-order valence-electron chi connectivity index (χ1n) is 7.45. The van der Waals surface area contributed by atoms with Crippen molar-refractivity contribution >= 4 is 10.2 Å². The van der Waals surface area contributed by atoms with Crippen molar-refractivity contribution in [1.82, 2.24) is 8.61 Å². The lowest BCUT2D eigenvalue weighted by Gasteiger charge is -2.33. The van der Waals surface area contributed by atoms with Crippen molar-refractivity contribution < 1.29 is 17.2 Å². The Morgan fingerprint density at radius 1 is 1.14 bits per heavy atom. The minimum Gasteiger partial charge on any atom is -0.207 e. The van der Waals surface area contributed by atoms with Crippen LogP contribution in [-0.4, -0.2) is 37.2 Å². The molecule has 22 heavy (non-hydrogen) atoms. The molecule has 1 aromatic carbocycles. The number of rotatable bonds is 5. The average molecular weight is 332 g/mol. The summed E-state index contributed by atoms with van der Waals surface area (Å²) in [7, 11) is -0.671. The molecule has 0 heterocycles. The van der Waals surface area contributed by atoms with Crippen molar-refractivity contribution in [2.75, 3.05) is 14.1 Å². The molecule has 1 aliphatic rings. The van der Waals surface area contributed by atoms with E-state index in [9.17, 15) is 17.2 Å². The molecule has 0 atom stereocenters. The van der Waals surface area contributed by atoms with Gasteiger partial charge in [0, 0.05) is 38.3 Å². The maximum Gasteiger partial charge on any atom is 0.282 e. The van der Waals surface area contributed by atoms with Crippen LogP contribution in [0.5, 0.6) is 0 Å². The molecule has 4 nitrogen and oxygen atoms in total. The second-order valence-corrected chi connectivity index (χ2v) is 7.90. The van der Waals surface area contributed by atoms with Crippen LogP contribution in [0.15, 0.2) is 18.2 Å². The van der Waals surface area contributed by atoms with Gasteiger partial charge in [0.1, 0.15) is 11.6 Å². The van der Waals surface area contributed by atoms with Crippen LogP contribution >= 0.6 is 0 Å². The fourth-order valence-electron chi connectivity index (χ4n) is 2.82. The van der Waals surface area contributed by atoms with Crippen LogP contribution in [0.4, 0.5) is 8.78 Å². The topological polar surface area (TPSA) is 40.6 Å². The molecule has 124 valence electrons. The summed E-state index contributed by atoms with van der Waals surface area (Å²) in [6.07, 6.45) is 4.91. The van der Waals surface area contributed by atoms with Gasteiger partial charge in [0.15, 0.2) is 0 Å². The van der Waals surface area contributed by atoms with Crippen molar-refractivity contribution in [3.05, 3.63) is 35.4 Å². The average Bonchev–Trinajstić information content (AvgIpc) is 2.50. The SMILES string of the molecule is CN(Cc1ccc(F)cc1F)S(=O)(=O)N(C)C1CCCCC1. The fourth-order valence-corrected chi connectivity index (χ4v) is 4.15. The zero-order valence-corrected chi connectivity index (χ0v) is 13.7. The van der Waals surface area contributed by atoms with E-state index < -0.39 is 21.8 Å². The molecule has 0 saturated heterocycles. The first kappa shape index (κ1) is 17.3. The maximum absolute atomic E-state index is 13.7. The van der Waals surface area contributed by atoms with Crippen LogP contribution in [0.3, 0.4) is 0 Å². The summed E-state index contributed by atoms with van der Waals surface area (Å²) in [5, 5.41) is 0. The normalized spacial score (nSPS) is 17.4. The van der Waals surface area contributed by atoms with Gasteiger partial charge in [-0.1, -0.05) is 25.3 Å². The minimum atomic E-state index is -3.66. The summed E-state index contributed by atoms with van der Waals surface area (Å²) in [5.74, 6) is -1.41. The van der Waals surface area contributed by atoms with Crippen LogP contribution in [-0.2, 0) is 16.8 Å². The summed E-state index contributed by atoms with van der Waals surface area (Å²) >= 11 is 0. The third-order valence-electron chi connectivity index (χ3n) is 4.25. The van der Waals surface area contributed by atoms with Crippen LogP contribution in [0.2, 0.25) is 0 Å².